The Morgan fingerprint density at radius 3 is 2.67 bits per heavy atom. The highest BCUT2D eigenvalue weighted by molar-refractivity contribution is 5.80. The van der Waals surface area contributed by atoms with Crippen LogP contribution in [-0.4, -0.2) is 48.2 Å². The molecule has 0 amide bonds. The number of carbonyl (C=O) groups is 1. The van der Waals surface area contributed by atoms with Gasteiger partial charge in [-0.1, -0.05) is 0 Å². The quantitative estimate of drug-likeness (QED) is 0.525. The molecule has 1 saturated heterocycles. The van der Waals surface area contributed by atoms with Crippen molar-refractivity contribution in [3.63, 3.8) is 0 Å². The van der Waals surface area contributed by atoms with E-state index in [1.807, 2.05) is 13.8 Å². The first-order valence-electron chi connectivity index (χ1n) is 8.58. The van der Waals surface area contributed by atoms with Crippen molar-refractivity contribution < 1.29 is 9.53 Å². The maximum absolute atomic E-state index is 12.2. The number of carbonyl (C=O) groups excluding carboxylic acids is 1. The number of nitrogens with one attached hydrogen (secondary N) is 1. The number of rotatable bonds is 9. The van der Waals surface area contributed by atoms with E-state index in [0.717, 1.165) is 31.8 Å². The van der Waals surface area contributed by atoms with Gasteiger partial charge in [0.15, 0.2) is 0 Å². The van der Waals surface area contributed by atoms with Gasteiger partial charge >= 0.3 is 5.97 Å². The number of unbranched alkanes of at least 4 members (excludes halogenated alkanes) is 1. The Kier molecular flexibility index (Phi) is 7.67. The van der Waals surface area contributed by atoms with Crippen LogP contribution in [0, 0.1) is 0 Å². The number of ether oxygens (including phenoxy) is 1. The molecule has 0 aliphatic carbocycles. The third kappa shape index (κ3) is 5.95. The molecule has 2 unspecified atom stereocenters. The van der Waals surface area contributed by atoms with E-state index in [0.29, 0.717) is 6.61 Å². The van der Waals surface area contributed by atoms with Crippen LogP contribution in [0.25, 0.3) is 0 Å². The summed E-state index contributed by atoms with van der Waals surface area (Å²) in [6, 6.07) is 1.01. The van der Waals surface area contributed by atoms with Crippen LogP contribution in [0.1, 0.15) is 66.7 Å². The molecule has 0 bridgehead atoms. The lowest BCUT2D eigenvalue weighted by Gasteiger charge is -2.31. The first kappa shape index (κ1) is 18.4. The number of nitrogens with zero attached hydrogens (tertiary/aromatic N) is 1. The second-order valence-electron chi connectivity index (χ2n) is 6.84. The molecular formula is C17H34N2O2. The lowest BCUT2D eigenvalue weighted by molar-refractivity contribution is -0.151. The van der Waals surface area contributed by atoms with Crippen molar-refractivity contribution in [3.05, 3.63) is 0 Å². The Labute approximate surface area is 130 Å². The Hall–Kier alpha value is -0.610. The molecule has 0 radical (unpaired) electrons. The van der Waals surface area contributed by atoms with Crippen LogP contribution in [0.4, 0.5) is 0 Å². The molecule has 4 nitrogen and oxygen atoms in total. The van der Waals surface area contributed by atoms with E-state index in [1.54, 1.807) is 0 Å². The van der Waals surface area contributed by atoms with Gasteiger partial charge in [0, 0.05) is 12.1 Å². The zero-order valence-electron chi connectivity index (χ0n) is 14.6. The van der Waals surface area contributed by atoms with Gasteiger partial charge in [-0.15, -0.1) is 0 Å². The van der Waals surface area contributed by atoms with E-state index < -0.39 is 5.54 Å². The molecule has 1 N–H and O–H groups in total. The monoisotopic (exact) mass is 298 g/mol. The molecule has 124 valence electrons. The first-order valence-corrected chi connectivity index (χ1v) is 8.58. The largest absolute Gasteiger partial charge is 0.465 e. The van der Waals surface area contributed by atoms with Crippen LogP contribution in [0.3, 0.4) is 0 Å². The number of likely N-dealkylation sites (tertiary alicyclic amines) is 1. The van der Waals surface area contributed by atoms with Crippen molar-refractivity contribution in [2.24, 2.45) is 0 Å². The summed E-state index contributed by atoms with van der Waals surface area (Å²) in [6.07, 6.45) is 5.70. The summed E-state index contributed by atoms with van der Waals surface area (Å²) in [5.74, 6) is -0.117. The highest BCUT2D eigenvalue weighted by Crippen LogP contribution is 2.20. The van der Waals surface area contributed by atoms with Crippen LogP contribution < -0.4 is 5.32 Å². The topological polar surface area (TPSA) is 41.6 Å². The zero-order valence-corrected chi connectivity index (χ0v) is 14.6. The van der Waals surface area contributed by atoms with Gasteiger partial charge in [0.25, 0.3) is 0 Å². The normalized spacial score (nSPS) is 22.5. The SMILES string of the molecule is CCOC(=O)C(C)(CCCCN1CCCC1C)NC(C)C. The smallest absolute Gasteiger partial charge is 0.326 e. The third-order valence-electron chi connectivity index (χ3n) is 4.40. The van der Waals surface area contributed by atoms with Gasteiger partial charge in [-0.25, -0.2) is 0 Å². The molecule has 4 heteroatoms. The predicted octanol–water partition coefficient (Wildman–Crippen LogP) is 2.96. The summed E-state index contributed by atoms with van der Waals surface area (Å²) in [7, 11) is 0. The summed E-state index contributed by atoms with van der Waals surface area (Å²) in [4.78, 5) is 14.8. The minimum atomic E-state index is -0.555. The summed E-state index contributed by atoms with van der Waals surface area (Å²) in [5.41, 5.74) is -0.555. The summed E-state index contributed by atoms with van der Waals surface area (Å²) >= 11 is 0. The molecule has 2 atom stereocenters. The predicted molar refractivity (Wildman–Crippen MR) is 87.4 cm³/mol. The Morgan fingerprint density at radius 2 is 2.14 bits per heavy atom. The van der Waals surface area contributed by atoms with Gasteiger partial charge in [-0.3, -0.25) is 10.1 Å². The molecule has 1 aliphatic rings. The summed E-state index contributed by atoms with van der Waals surface area (Å²) in [6.45, 7) is 13.1. The van der Waals surface area contributed by atoms with E-state index >= 15 is 0 Å². The molecule has 1 rings (SSSR count). The van der Waals surface area contributed by atoms with E-state index in [1.165, 1.54) is 19.4 Å². The zero-order chi connectivity index (χ0) is 15.9. The Bertz CT molecular complexity index is 320. The maximum atomic E-state index is 12.2. The van der Waals surface area contributed by atoms with Crippen LogP contribution in [0.2, 0.25) is 0 Å². The second-order valence-corrected chi connectivity index (χ2v) is 6.84. The van der Waals surface area contributed by atoms with E-state index in [-0.39, 0.29) is 12.0 Å². The van der Waals surface area contributed by atoms with Crippen molar-refractivity contribution in [1.29, 1.82) is 0 Å². The van der Waals surface area contributed by atoms with Crippen LogP contribution in [0.5, 0.6) is 0 Å². The van der Waals surface area contributed by atoms with Gasteiger partial charge in [-0.05, 0) is 79.8 Å². The molecule has 0 aromatic heterocycles. The number of hydrogen-bond donors (Lipinski definition) is 1. The van der Waals surface area contributed by atoms with Crippen LogP contribution in [-0.2, 0) is 9.53 Å². The summed E-state index contributed by atoms with van der Waals surface area (Å²) < 4.78 is 5.24. The molecular weight excluding hydrogens is 264 g/mol. The van der Waals surface area contributed by atoms with Crippen molar-refractivity contribution >= 4 is 5.97 Å². The van der Waals surface area contributed by atoms with Gasteiger partial charge < -0.3 is 9.64 Å². The van der Waals surface area contributed by atoms with Crippen LogP contribution in [0.15, 0.2) is 0 Å². The lowest BCUT2D eigenvalue weighted by atomic mass is 9.93. The fourth-order valence-electron chi connectivity index (χ4n) is 3.28. The highest BCUT2D eigenvalue weighted by atomic mass is 16.5. The first-order chi connectivity index (χ1) is 9.89. The minimum Gasteiger partial charge on any atom is -0.465 e. The van der Waals surface area contributed by atoms with E-state index in [4.69, 9.17) is 4.74 Å². The van der Waals surface area contributed by atoms with Crippen molar-refractivity contribution in [2.75, 3.05) is 19.7 Å². The van der Waals surface area contributed by atoms with Crippen molar-refractivity contribution in [1.82, 2.24) is 10.2 Å². The standard InChI is InChI=1S/C17H34N2O2/c1-6-21-16(20)17(5,18-14(2)3)11-7-8-12-19-13-9-10-15(19)4/h14-15,18H,6-13H2,1-5H3. The second kappa shape index (κ2) is 8.74. The lowest BCUT2D eigenvalue weighted by Crippen LogP contribution is -2.53. The fourth-order valence-corrected chi connectivity index (χ4v) is 3.28. The van der Waals surface area contributed by atoms with Crippen LogP contribution >= 0.6 is 0 Å². The minimum absolute atomic E-state index is 0.117. The van der Waals surface area contributed by atoms with Gasteiger partial charge in [0.05, 0.1) is 6.61 Å². The van der Waals surface area contributed by atoms with E-state index in [9.17, 15) is 4.79 Å². The van der Waals surface area contributed by atoms with Gasteiger partial charge in [-0.2, -0.15) is 0 Å². The maximum Gasteiger partial charge on any atom is 0.326 e. The molecule has 21 heavy (non-hydrogen) atoms. The summed E-state index contributed by atoms with van der Waals surface area (Å²) in [5, 5.41) is 3.39. The van der Waals surface area contributed by atoms with Gasteiger partial charge in [0.2, 0.25) is 0 Å². The molecule has 0 aromatic rings. The highest BCUT2D eigenvalue weighted by Gasteiger charge is 2.34. The molecule has 1 heterocycles. The van der Waals surface area contributed by atoms with Crippen molar-refractivity contribution in [3.8, 4) is 0 Å². The number of esters is 1. The van der Waals surface area contributed by atoms with E-state index in [2.05, 4.69) is 31.0 Å². The Morgan fingerprint density at radius 1 is 1.43 bits per heavy atom. The molecule has 1 aliphatic heterocycles. The van der Waals surface area contributed by atoms with Gasteiger partial charge in [0.1, 0.15) is 5.54 Å². The average molecular weight is 298 g/mol. The Balaban J connectivity index is 2.40. The number of hydrogen-bond acceptors (Lipinski definition) is 4. The third-order valence-corrected chi connectivity index (χ3v) is 4.40. The molecule has 0 spiro atoms. The van der Waals surface area contributed by atoms with Crippen molar-refractivity contribution in [2.45, 2.75) is 84.3 Å². The fraction of sp³-hybridized carbons (Fsp3) is 0.941. The average Bonchev–Trinajstić information content (AvgIpc) is 2.80. The molecule has 0 saturated carbocycles. The molecule has 0 aromatic carbocycles. The molecule has 1 fully saturated rings.